The summed E-state index contributed by atoms with van der Waals surface area (Å²) in [5.74, 6) is -0.690. The van der Waals surface area contributed by atoms with Gasteiger partial charge in [-0.25, -0.2) is 8.78 Å². The lowest BCUT2D eigenvalue weighted by atomic mass is 10.0. The Morgan fingerprint density at radius 1 is 1.14 bits per heavy atom. The molecule has 2 nitrogen and oxygen atoms in total. The maximum absolute atomic E-state index is 14.2. The Hall–Kier alpha value is -1.46. The molecule has 5 heteroatoms. The van der Waals surface area contributed by atoms with Crippen LogP contribution >= 0.6 is 15.9 Å². The average Bonchev–Trinajstić information content (AvgIpc) is 2.47. The quantitative estimate of drug-likeness (QED) is 0.869. The zero-order valence-electron chi connectivity index (χ0n) is 11.7. The third kappa shape index (κ3) is 3.41. The van der Waals surface area contributed by atoms with Crippen molar-refractivity contribution in [3.05, 3.63) is 64.1 Å². The molecule has 2 N–H and O–H groups in total. The summed E-state index contributed by atoms with van der Waals surface area (Å²) in [6.45, 7) is 2.62. The molecule has 0 radical (unpaired) electrons. The number of benzene rings is 2. The van der Waals surface area contributed by atoms with E-state index in [0.717, 1.165) is 0 Å². The van der Waals surface area contributed by atoms with E-state index in [1.807, 2.05) is 6.92 Å². The summed E-state index contributed by atoms with van der Waals surface area (Å²) in [6, 6.07) is 10.9. The van der Waals surface area contributed by atoms with E-state index in [2.05, 4.69) is 15.9 Å². The van der Waals surface area contributed by atoms with Crippen LogP contribution < -0.4 is 10.6 Å². The van der Waals surface area contributed by atoms with Gasteiger partial charge in [0.25, 0.3) is 0 Å². The molecule has 0 spiro atoms. The van der Waals surface area contributed by atoms with Crippen LogP contribution in [0.25, 0.3) is 0 Å². The first-order chi connectivity index (χ1) is 10.1. The normalized spacial score (nSPS) is 12.2. The lowest BCUT2D eigenvalue weighted by Gasteiger charge is -2.32. The third-order valence-electron chi connectivity index (χ3n) is 3.42. The largest absolute Gasteiger partial charge is 0.361 e. The molecule has 0 amide bonds. The number of anilines is 1. The van der Waals surface area contributed by atoms with Gasteiger partial charge >= 0.3 is 0 Å². The van der Waals surface area contributed by atoms with Gasteiger partial charge in [-0.1, -0.05) is 34.1 Å². The van der Waals surface area contributed by atoms with Gasteiger partial charge < -0.3 is 10.6 Å². The fourth-order valence-electron chi connectivity index (χ4n) is 2.44. The van der Waals surface area contributed by atoms with E-state index < -0.39 is 6.04 Å². The summed E-state index contributed by atoms with van der Waals surface area (Å²) in [6.07, 6.45) is 0. The molecule has 0 saturated heterocycles. The van der Waals surface area contributed by atoms with Crippen molar-refractivity contribution in [2.45, 2.75) is 13.0 Å². The van der Waals surface area contributed by atoms with Crippen LogP contribution in [0, 0.1) is 11.6 Å². The summed E-state index contributed by atoms with van der Waals surface area (Å²) in [7, 11) is 0. The van der Waals surface area contributed by atoms with Gasteiger partial charge in [0.2, 0.25) is 0 Å². The van der Waals surface area contributed by atoms with Crippen molar-refractivity contribution in [1.29, 1.82) is 0 Å². The average molecular weight is 355 g/mol. The Balaban J connectivity index is 2.45. The van der Waals surface area contributed by atoms with Crippen molar-refractivity contribution in [3.8, 4) is 0 Å². The zero-order chi connectivity index (χ0) is 15.4. The van der Waals surface area contributed by atoms with Crippen LogP contribution in [-0.2, 0) is 0 Å². The standard InChI is InChI=1S/C16H17BrF2N2/c1-2-21(15-6-4-3-5-13(15)18)16(10-20)12-8-7-11(17)9-14(12)19/h3-9,16H,2,10,20H2,1H3. The van der Waals surface area contributed by atoms with E-state index in [1.165, 1.54) is 12.1 Å². The second-order valence-electron chi connectivity index (χ2n) is 4.65. The Morgan fingerprint density at radius 3 is 2.43 bits per heavy atom. The van der Waals surface area contributed by atoms with Crippen LogP contribution in [0.1, 0.15) is 18.5 Å². The maximum atomic E-state index is 14.2. The molecule has 112 valence electrons. The molecule has 0 heterocycles. The lowest BCUT2D eigenvalue weighted by Crippen LogP contribution is -2.34. The maximum Gasteiger partial charge on any atom is 0.146 e. The van der Waals surface area contributed by atoms with E-state index in [1.54, 1.807) is 35.2 Å². The number of hydrogen-bond donors (Lipinski definition) is 1. The summed E-state index contributed by atoms with van der Waals surface area (Å²) < 4.78 is 28.9. The molecular weight excluding hydrogens is 338 g/mol. The first kappa shape index (κ1) is 15.9. The van der Waals surface area contributed by atoms with Gasteiger partial charge in [0, 0.05) is 23.1 Å². The van der Waals surface area contributed by atoms with Crippen LogP contribution in [0.5, 0.6) is 0 Å². The fraction of sp³-hybridized carbons (Fsp3) is 0.250. The summed E-state index contributed by atoms with van der Waals surface area (Å²) in [5.41, 5.74) is 6.73. The van der Waals surface area contributed by atoms with E-state index in [-0.39, 0.29) is 18.2 Å². The SMILES string of the molecule is CCN(c1ccccc1F)C(CN)c1ccc(Br)cc1F. The first-order valence-electron chi connectivity index (χ1n) is 6.74. The lowest BCUT2D eigenvalue weighted by molar-refractivity contribution is 0.549. The molecule has 0 bridgehead atoms. The number of nitrogens with zero attached hydrogens (tertiary/aromatic N) is 1. The highest BCUT2D eigenvalue weighted by Gasteiger charge is 2.23. The molecule has 1 unspecified atom stereocenters. The van der Waals surface area contributed by atoms with Crippen molar-refractivity contribution in [2.24, 2.45) is 5.73 Å². The van der Waals surface area contributed by atoms with Crippen molar-refractivity contribution in [1.82, 2.24) is 0 Å². The second-order valence-corrected chi connectivity index (χ2v) is 5.57. The van der Waals surface area contributed by atoms with Crippen LogP contribution in [0.15, 0.2) is 46.9 Å². The number of rotatable bonds is 5. The van der Waals surface area contributed by atoms with E-state index in [4.69, 9.17) is 5.73 Å². The fourth-order valence-corrected chi connectivity index (χ4v) is 2.77. The zero-order valence-corrected chi connectivity index (χ0v) is 13.3. The van der Waals surface area contributed by atoms with Crippen molar-refractivity contribution < 1.29 is 8.78 Å². The topological polar surface area (TPSA) is 29.3 Å². The van der Waals surface area contributed by atoms with Gasteiger partial charge in [0.05, 0.1) is 11.7 Å². The third-order valence-corrected chi connectivity index (χ3v) is 3.92. The van der Waals surface area contributed by atoms with Crippen LogP contribution in [0.2, 0.25) is 0 Å². The Labute approximate surface area is 131 Å². The Kier molecular flexibility index (Phi) is 5.31. The van der Waals surface area contributed by atoms with Gasteiger partial charge in [-0.15, -0.1) is 0 Å². The smallest absolute Gasteiger partial charge is 0.146 e. The second kappa shape index (κ2) is 7.00. The van der Waals surface area contributed by atoms with E-state index in [9.17, 15) is 8.78 Å². The van der Waals surface area contributed by atoms with Gasteiger partial charge in [-0.05, 0) is 31.2 Å². The van der Waals surface area contributed by atoms with E-state index in [0.29, 0.717) is 22.3 Å². The number of para-hydroxylation sites is 1. The van der Waals surface area contributed by atoms with Crippen LogP contribution in [0.3, 0.4) is 0 Å². The molecule has 1 atom stereocenters. The predicted molar refractivity (Wildman–Crippen MR) is 85.3 cm³/mol. The number of halogens is 3. The van der Waals surface area contributed by atoms with Gasteiger partial charge in [-0.2, -0.15) is 0 Å². The Morgan fingerprint density at radius 2 is 1.86 bits per heavy atom. The minimum atomic E-state index is -0.417. The highest BCUT2D eigenvalue weighted by Crippen LogP contribution is 2.30. The molecule has 2 rings (SSSR count). The molecule has 0 saturated carbocycles. The molecule has 0 aliphatic heterocycles. The number of likely N-dealkylation sites (N-methyl/N-ethyl adjacent to an activating group) is 1. The van der Waals surface area contributed by atoms with Gasteiger partial charge in [-0.3, -0.25) is 0 Å². The van der Waals surface area contributed by atoms with Crippen molar-refractivity contribution >= 4 is 21.6 Å². The molecule has 0 aliphatic rings. The molecule has 0 aromatic heterocycles. The van der Waals surface area contributed by atoms with Crippen LogP contribution in [0.4, 0.5) is 14.5 Å². The van der Waals surface area contributed by atoms with Gasteiger partial charge in [0.1, 0.15) is 11.6 Å². The van der Waals surface area contributed by atoms with E-state index >= 15 is 0 Å². The predicted octanol–water partition coefficient (Wildman–Crippen LogP) is 4.25. The first-order valence-corrected chi connectivity index (χ1v) is 7.54. The molecule has 2 aromatic carbocycles. The summed E-state index contributed by atoms with van der Waals surface area (Å²) in [5, 5.41) is 0. The molecule has 21 heavy (non-hydrogen) atoms. The highest BCUT2D eigenvalue weighted by molar-refractivity contribution is 9.10. The Bertz CT molecular complexity index is 619. The molecule has 0 aliphatic carbocycles. The van der Waals surface area contributed by atoms with Crippen molar-refractivity contribution in [3.63, 3.8) is 0 Å². The summed E-state index contributed by atoms with van der Waals surface area (Å²) in [4.78, 5) is 1.78. The summed E-state index contributed by atoms with van der Waals surface area (Å²) >= 11 is 3.23. The molecular formula is C16H17BrF2N2. The monoisotopic (exact) mass is 354 g/mol. The van der Waals surface area contributed by atoms with Crippen molar-refractivity contribution in [2.75, 3.05) is 18.0 Å². The highest BCUT2D eigenvalue weighted by atomic mass is 79.9. The molecule has 0 fully saturated rings. The van der Waals surface area contributed by atoms with Crippen LogP contribution in [-0.4, -0.2) is 13.1 Å². The number of nitrogens with two attached hydrogens (primary N) is 1. The minimum Gasteiger partial charge on any atom is -0.361 e. The number of hydrogen-bond acceptors (Lipinski definition) is 2. The minimum absolute atomic E-state index is 0.195. The van der Waals surface area contributed by atoms with Gasteiger partial charge in [0.15, 0.2) is 0 Å². The molecule has 2 aromatic rings.